The summed E-state index contributed by atoms with van der Waals surface area (Å²) in [5, 5.41) is 0. The van der Waals surface area contributed by atoms with Gasteiger partial charge in [0.2, 0.25) is 5.90 Å². The first-order valence-corrected chi connectivity index (χ1v) is 6.95. The van der Waals surface area contributed by atoms with E-state index in [0.29, 0.717) is 0 Å². The van der Waals surface area contributed by atoms with E-state index >= 15 is 0 Å². The number of hydrogen-bond donors (Lipinski definition) is 0. The van der Waals surface area contributed by atoms with Gasteiger partial charge in [0.25, 0.3) is 5.90 Å². The molecule has 0 aromatic heterocycles. The molecule has 0 N–H and O–H groups in total. The van der Waals surface area contributed by atoms with Gasteiger partial charge in [-0.05, 0) is 19.1 Å². The molecule has 0 aliphatic carbocycles. The summed E-state index contributed by atoms with van der Waals surface area (Å²) in [7, 11) is 0. The summed E-state index contributed by atoms with van der Waals surface area (Å²) in [6.07, 6.45) is -19.6. The standard InChI is InChI=1S/C14H7F11N2O/c1-6-3-2-4-7(5-6)8-26-11(13(20,21)22,14(23,24)25)27-9(28-8)10(15,16)12(17,18)19/h2-5H,1H3. The Morgan fingerprint density at radius 3 is 1.79 bits per heavy atom. The van der Waals surface area contributed by atoms with Gasteiger partial charge in [-0.2, -0.15) is 48.3 Å². The van der Waals surface area contributed by atoms with Crippen molar-refractivity contribution >= 4 is 11.8 Å². The van der Waals surface area contributed by atoms with Gasteiger partial charge in [-0.15, -0.1) is 0 Å². The molecule has 0 atom stereocenters. The lowest BCUT2D eigenvalue weighted by Crippen LogP contribution is -2.59. The summed E-state index contributed by atoms with van der Waals surface area (Å²) >= 11 is 0. The van der Waals surface area contributed by atoms with Crippen LogP contribution in [0.1, 0.15) is 11.1 Å². The molecule has 2 rings (SSSR count). The van der Waals surface area contributed by atoms with Crippen LogP contribution in [0.5, 0.6) is 0 Å². The first-order valence-electron chi connectivity index (χ1n) is 6.95. The predicted octanol–water partition coefficient (Wildman–Crippen LogP) is 5.19. The van der Waals surface area contributed by atoms with E-state index < -0.39 is 47.5 Å². The highest BCUT2D eigenvalue weighted by molar-refractivity contribution is 6.05. The van der Waals surface area contributed by atoms with Crippen LogP contribution < -0.4 is 0 Å². The van der Waals surface area contributed by atoms with E-state index in [-0.39, 0.29) is 5.56 Å². The SMILES string of the molecule is Cc1cccc(C2=NC(C(F)(F)F)(C(F)(F)F)N=C(C(F)(F)C(F)(F)F)O2)c1. The fourth-order valence-electron chi connectivity index (χ4n) is 2.03. The maximum Gasteiger partial charge on any atom is 0.463 e. The van der Waals surface area contributed by atoms with E-state index in [2.05, 4.69) is 9.73 Å². The second-order valence-corrected chi connectivity index (χ2v) is 5.55. The van der Waals surface area contributed by atoms with Crippen molar-refractivity contribution in [3.05, 3.63) is 35.4 Å². The van der Waals surface area contributed by atoms with Crippen LogP contribution in [0.3, 0.4) is 0 Å². The van der Waals surface area contributed by atoms with Crippen molar-refractivity contribution in [2.45, 2.75) is 37.0 Å². The number of alkyl halides is 11. The van der Waals surface area contributed by atoms with Crippen LogP contribution in [-0.4, -0.2) is 41.9 Å². The minimum absolute atomic E-state index is 0.222. The second-order valence-electron chi connectivity index (χ2n) is 5.55. The van der Waals surface area contributed by atoms with E-state index in [0.717, 1.165) is 18.2 Å². The molecule has 28 heavy (non-hydrogen) atoms. The van der Waals surface area contributed by atoms with Crippen molar-refractivity contribution in [3.8, 4) is 0 Å². The van der Waals surface area contributed by atoms with Crippen LogP contribution in [0.4, 0.5) is 48.3 Å². The van der Waals surface area contributed by atoms with Crippen LogP contribution in [0.15, 0.2) is 34.3 Å². The average Bonchev–Trinajstić information content (AvgIpc) is 2.51. The van der Waals surface area contributed by atoms with Crippen LogP contribution in [0.2, 0.25) is 0 Å². The van der Waals surface area contributed by atoms with Gasteiger partial charge in [0, 0.05) is 5.56 Å². The number of aliphatic imine (C=N–C) groups is 2. The second kappa shape index (κ2) is 6.30. The molecule has 1 aliphatic heterocycles. The molecule has 0 spiro atoms. The molecule has 0 saturated heterocycles. The van der Waals surface area contributed by atoms with Gasteiger partial charge in [-0.3, -0.25) is 0 Å². The number of rotatable bonds is 2. The van der Waals surface area contributed by atoms with Crippen molar-refractivity contribution in [1.29, 1.82) is 0 Å². The van der Waals surface area contributed by atoms with Gasteiger partial charge in [0.05, 0.1) is 0 Å². The minimum atomic E-state index is -6.58. The normalized spacial score (nSPS) is 18.3. The van der Waals surface area contributed by atoms with Crippen molar-refractivity contribution in [3.63, 3.8) is 0 Å². The predicted molar refractivity (Wildman–Crippen MR) is 72.1 cm³/mol. The minimum Gasteiger partial charge on any atom is -0.418 e. The molecule has 1 heterocycles. The molecule has 0 unspecified atom stereocenters. The fourth-order valence-corrected chi connectivity index (χ4v) is 2.03. The number of aryl methyl sites for hydroxylation is 1. The Balaban J connectivity index is 2.83. The van der Waals surface area contributed by atoms with E-state index in [4.69, 9.17) is 0 Å². The van der Waals surface area contributed by atoms with Crippen LogP contribution in [0.25, 0.3) is 0 Å². The first-order chi connectivity index (χ1) is 12.4. The van der Waals surface area contributed by atoms with Gasteiger partial charge >= 0.3 is 30.1 Å². The summed E-state index contributed by atoms with van der Waals surface area (Å²) in [5.74, 6) is -11.1. The van der Waals surface area contributed by atoms with Gasteiger partial charge in [-0.25, -0.2) is 9.98 Å². The summed E-state index contributed by atoms with van der Waals surface area (Å²) in [6.45, 7) is 1.33. The third-order valence-electron chi connectivity index (χ3n) is 3.40. The Labute approximate surface area is 148 Å². The Bertz CT molecular complexity index is 804. The quantitative estimate of drug-likeness (QED) is 0.598. The van der Waals surface area contributed by atoms with Crippen LogP contribution in [-0.2, 0) is 4.74 Å². The largest absolute Gasteiger partial charge is 0.463 e. The smallest absolute Gasteiger partial charge is 0.418 e. The van der Waals surface area contributed by atoms with Crippen molar-refractivity contribution in [1.82, 2.24) is 0 Å². The summed E-state index contributed by atoms with van der Waals surface area (Å²) in [5.41, 5.74) is -6.08. The molecular weight excluding hydrogens is 421 g/mol. The highest BCUT2D eigenvalue weighted by atomic mass is 19.4. The molecule has 0 fully saturated rings. The lowest BCUT2D eigenvalue weighted by Gasteiger charge is -2.35. The van der Waals surface area contributed by atoms with E-state index in [1.165, 1.54) is 13.0 Å². The lowest BCUT2D eigenvalue weighted by atomic mass is 10.1. The highest BCUT2D eigenvalue weighted by Crippen LogP contribution is 2.50. The van der Waals surface area contributed by atoms with Crippen molar-refractivity contribution < 1.29 is 53.0 Å². The topological polar surface area (TPSA) is 34.0 Å². The number of nitrogens with zero attached hydrogens (tertiary/aromatic N) is 2. The molecule has 0 amide bonds. The zero-order valence-corrected chi connectivity index (χ0v) is 13.3. The summed E-state index contributed by atoms with van der Waals surface area (Å²) in [4.78, 5) is 3.85. The zero-order valence-electron chi connectivity index (χ0n) is 13.3. The molecule has 1 aliphatic rings. The molecule has 0 radical (unpaired) electrons. The molecular formula is C14H7F11N2O. The Kier molecular flexibility index (Phi) is 4.93. The summed E-state index contributed by atoms with van der Waals surface area (Å²) < 4.78 is 148. The monoisotopic (exact) mass is 428 g/mol. The highest BCUT2D eigenvalue weighted by Gasteiger charge is 2.76. The fraction of sp³-hybridized carbons (Fsp3) is 0.429. The van der Waals surface area contributed by atoms with Gasteiger partial charge in [-0.1, -0.05) is 17.7 Å². The van der Waals surface area contributed by atoms with Crippen LogP contribution >= 0.6 is 0 Å². The number of ether oxygens (including phenoxy) is 1. The Morgan fingerprint density at radius 2 is 1.36 bits per heavy atom. The first kappa shape index (κ1) is 21.9. The number of benzene rings is 1. The zero-order chi connectivity index (χ0) is 21.8. The van der Waals surface area contributed by atoms with Crippen molar-refractivity contribution in [2.75, 3.05) is 0 Å². The summed E-state index contributed by atoms with van der Waals surface area (Å²) in [6, 6.07) is 4.11. The van der Waals surface area contributed by atoms with E-state index in [1.54, 1.807) is 4.99 Å². The molecule has 14 heteroatoms. The maximum atomic E-state index is 13.5. The third kappa shape index (κ3) is 3.51. The van der Waals surface area contributed by atoms with Crippen molar-refractivity contribution in [2.24, 2.45) is 9.98 Å². The van der Waals surface area contributed by atoms with E-state index in [1.807, 2.05) is 0 Å². The lowest BCUT2D eigenvalue weighted by molar-refractivity contribution is -0.296. The number of hydrogen-bond acceptors (Lipinski definition) is 3. The van der Waals surface area contributed by atoms with E-state index in [9.17, 15) is 48.3 Å². The molecule has 156 valence electrons. The molecule has 1 aromatic rings. The Hall–Kier alpha value is -2.41. The van der Waals surface area contributed by atoms with Gasteiger partial charge < -0.3 is 4.74 Å². The molecule has 1 aromatic carbocycles. The average molecular weight is 428 g/mol. The van der Waals surface area contributed by atoms with Crippen LogP contribution in [0, 0.1) is 6.92 Å². The molecule has 3 nitrogen and oxygen atoms in total. The van der Waals surface area contributed by atoms with Gasteiger partial charge in [0.1, 0.15) is 0 Å². The molecule has 0 bridgehead atoms. The molecule has 0 saturated carbocycles. The third-order valence-corrected chi connectivity index (χ3v) is 3.40. The number of halogens is 11. The Morgan fingerprint density at radius 1 is 0.821 bits per heavy atom. The van der Waals surface area contributed by atoms with Gasteiger partial charge in [0.15, 0.2) is 0 Å². The maximum absolute atomic E-state index is 13.5.